The molecule has 0 fully saturated rings. The largest absolute Gasteiger partial charge is 0.492 e. The number of methoxy groups -OCH3 is 1. The van der Waals surface area contributed by atoms with E-state index in [-0.39, 0.29) is 0 Å². The maximum absolute atomic E-state index is 8.82. The van der Waals surface area contributed by atoms with Crippen LogP contribution in [0, 0.1) is 11.3 Å². The molecule has 0 atom stereocenters. The second kappa shape index (κ2) is 5.89. The van der Waals surface area contributed by atoms with Crippen LogP contribution in [0.1, 0.15) is 12.0 Å². The molecule has 1 aromatic carbocycles. The first-order valence-corrected chi connectivity index (χ1v) is 4.69. The number of ether oxygens (including phenoxy) is 2. The Hall–Kier alpha value is -1.73. The number of hydrogen-bond acceptors (Lipinski definition) is 4. The minimum atomic E-state index is 0.501. The Morgan fingerprint density at radius 2 is 2.20 bits per heavy atom. The first-order valence-electron chi connectivity index (χ1n) is 4.69. The minimum Gasteiger partial charge on any atom is -0.492 e. The fourth-order valence-corrected chi connectivity index (χ4v) is 1.14. The molecule has 0 unspecified atom stereocenters. The normalized spacial score (nSPS) is 9.60. The van der Waals surface area contributed by atoms with Gasteiger partial charge in [0.25, 0.3) is 0 Å². The number of nitrogen functional groups attached to an aromatic ring is 1. The van der Waals surface area contributed by atoms with Gasteiger partial charge < -0.3 is 15.2 Å². The van der Waals surface area contributed by atoms with Gasteiger partial charge in [0, 0.05) is 31.9 Å². The van der Waals surface area contributed by atoms with E-state index in [0.717, 1.165) is 6.42 Å². The van der Waals surface area contributed by atoms with Gasteiger partial charge in [-0.25, -0.2) is 0 Å². The topological polar surface area (TPSA) is 68.3 Å². The summed E-state index contributed by atoms with van der Waals surface area (Å²) in [5, 5.41) is 8.82. The third-order valence-corrected chi connectivity index (χ3v) is 1.88. The number of anilines is 1. The van der Waals surface area contributed by atoms with Crippen molar-refractivity contribution < 1.29 is 9.47 Å². The van der Waals surface area contributed by atoms with E-state index in [1.807, 2.05) is 0 Å². The molecule has 15 heavy (non-hydrogen) atoms. The molecular weight excluding hydrogens is 192 g/mol. The van der Waals surface area contributed by atoms with Crippen LogP contribution < -0.4 is 10.5 Å². The van der Waals surface area contributed by atoms with E-state index in [1.54, 1.807) is 25.3 Å². The van der Waals surface area contributed by atoms with Crippen LogP contribution in [-0.2, 0) is 4.74 Å². The van der Waals surface area contributed by atoms with Crippen LogP contribution in [0.15, 0.2) is 18.2 Å². The van der Waals surface area contributed by atoms with Crippen molar-refractivity contribution in [2.24, 2.45) is 0 Å². The van der Waals surface area contributed by atoms with E-state index in [9.17, 15) is 0 Å². The summed E-state index contributed by atoms with van der Waals surface area (Å²) in [5.74, 6) is 0.536. The van der Waals surface area contributed by atoms with E-state index in [0.29, 0.717) is 30.2 Å². The Kier molecular flexibility index (Phi) is 4.45. The van der Waals surface area contributed by atoms with Gasteiger partial charge in [-0.2, -0.15) is 5.26 Å². The van der Waals surface area contributed by atoms with Crippen molar-refractivity contribution in [2.75, 3.05) is 26.1 Å². The number of benzene rings is 1. The molecule has 0 saturated carbocycles. The van der Waals surface area contributed by atoms with Gasteiger partial charge in [0.2, 0.25) is 0 Å². The van der Waals surface area contributed by atoms with Gasteiger partial charge in [-0.15, -0.1) is 0 Å². The summed E-state index contributed by atoms with van der Waals surface area (Å²) >= 11 is 0. The lowest BCUT2D eigenvalue weighted by Crippen LogP contribution is -2.03. The highest BCUT2D eigenvalue weighted by molar-refractivity contribution is 5.52. The highest BCUT2D eigenvalue weighted by atomic mass is 16.5. The van der Waals surface area contributed by atoms with Crippen LogP contribution in [0.5, 0.6) is 5.75 Å². The van der Waals surface area contributed by atoms with Crippen LogP contribution >= 0.6 is 0 Å². The van der Waals surface area contributed by atoms with Gasteiger partial charge in [-0.1, -0.05) is 0 Å². The average Bonchev–Trinajstić information content (AvgIpc) is 2.25. The summed E-state index contributed by atoms with van der Waals surface area (Å²) in [6, 6.07) is 7.04. The third kappa shape index (κ3) is 3.49. The zero-order chi connectivity index (χ0) is 11.1. The quantitative estimate of drug-likeness (QED) is 0.586. The Morgan fingerprint density at radius 3 is 2.87 bits per heavy atom. The summed E-state index contributed by atoms with van der Waals surface area (Å²) < 4.78 is 10.3. The van der Waals surface area contributed by atoms with E-state index in [1.165, 1.54) is 0 Å². The number of nitriles is 1. The van der Waals surface area contributed by atoms with Crippen molar-refractivity contribution in [1.29, 1.82) is 5.26 Å². The highest BCUT2D eigenvalue weighted by Crippen LogP contribution is 2.20. The predicted molar refractivity (Wildman–Crippen MR) is 57.6 cm³/mol. The summed E-state index contributed by atoms with van der Waals surface area (Å²) in [6.45, 7) is 1.16. The SMILES string of the molecule is COCCCOc1cc(N)ccc1C#N. The van der Waals surface area contributed by atoms with Gasteiger partial charge >= 0.3 is 0 Å². The molecule has 4 nitrogen and oxygen atoms in total. The van der Waals surface area contributed by atoms with Gasteiger partial charge in [-0.05, 0) is 12.1 Å². The predicted octanol–water partition coefficient (Wildman–Crippen LogP) is 1.56. The third-order valence-electron chi connectivity index (χ3n) is 1.88. The van der Waals surface area contributed by atoms with Crippen molar-refractivity contribution >= 4 is 5.69 Å². The summed E-state index contributed by atoms with van der Waals surface area (Å²) in [5.41, 5.74) is 6.69. The number of nitrogens with zero attached hydrogens (tertiary/aromatic N) is 1. The molecule has 0 heterocycles. The molecule has 0 amide bonds. The number of rotatable bonds is 5. The van der Waals surface area contributed by atoms with E-state index in [2.05, 4.69) is 6.07 Å². The average molecular weight is 206 g/mol. The maximum atomic E-state index is 8.82. The Labute approximate surface area is 89.2 Å². The fraction of sp³-hybridized carbons (Fsp3) is 0.364. The van der Waals surface area contributed by atoms with Gasteiger partial charge in [0.1, 0.15) is 11.8 Å². The molecule has 4 heteroatoms. The molecule has 0 spiro atoms. The van der Waals surface area contributed by atoms with Crippen molar-refractivity contribution in [3.63, 3.8) is 0 Å². The molecule has 0 bridgehead atoms. The van der Waals surface area contributed by atoms with Crippen molar-refractivity contribution in [3.8, 4) is 11.8 Å². The molecule has 1 aromatic rings. The molecule has 0 radical (unpaired) electrons. The van der Waals surface area contributed by atoms with E-state index >= 15 is 0 Å². The Bertz CT molecular complexity index is 358. The lowest BCUT2D eigenvalue weighted by atomic mass is 10.2. The molecule has 1 rings (SSSR count). The molecule has 80 valence electrons. The molecular formula is C11H14N2O2. The number of nitrogens with two attached hydrogens (primary N) is 1. The summed E-state index contributed by atoms with van der Waals surface area (Å²) in [6.07, 6.45) is 0.788. The molecule has 0 saturated heterocycles. The zero-order valence-corrected chi connectivity index (χ0v) is 8.69. The minimum absolute atomic E-state index is 0.501. The molecule has 0 aromatic heterocycles. The van der Waals surface area contributed by atoms with Crippen LogP contribution in [0.2, 0.25) is 0 Å². The summed E-state index contributed by atoms with van der Waals surface area (Å²) in [7, 11) is 1.64. The van der Waals surface area contributed by atoms with Crippen LogP contribution in [0.25, 0.3) is 0 Å². The van der Waals surface area contributed by atoms with Crippen LogP contribution in [0.4, 0.5) is 5.69 Å². The van der Waals surface area contributed by atoms with Crippen molar-refractivity contribution in [1.82, 2.24) is 0 Å². The molecule has 0 aliphatic rings. The number of hydrogen-bond donors (Lipinski definition) is 1. The second-order valence-electron chi connectivity index (χ2n) is 3.06. The lowest BCUT2D eigenvalue weighted by Gasteiger charge is -2.07. The lowest BCUT2D eigenvalue weighted by molar-refractivity contribution is 0.172. The highest BCUT2D eigenvalue weighted by Gasteiger charge is 2.03. The summed E-state index contributed by atoms with van der Waals surface area (Å²) in [4.78, 5) is 0. The Morgan fingerprint density at radius 1 is 1.40 bits per heavy atom. The maximum Gasteiger partial charge on any atom is 0.139 e. The van der Waals surface area contributed by atoms with E-state index < -0.39 is 0 Å². The fourth-order valence-electron chi connectivity index (χ4n) is 1.14. The molecule has 2 N–H and O–H groups in total. The van der Waals surface area contributed by atoms with Crippen molar-refractivity contribution in [3.05, 3.63) is 23.8 Å². The van der Waals surface area contributed by atoms with Crippen LogP contribution in [0.3, 0.4) is 0 Å². The second-order valence-corrected chi connectivity index (χ2v) is 3.06. The van der Waals surface area contributed by atoms with Gasteiger partial charge in [-0.3, -0.25) is 0 Å². The van der Waals surface area contributed by atoms with Crippen LogP contribution in [-0.4, -0.2) is 20.3 Å². The van der Waals surface area contributed by atoms with Gasteiger partial charge in [0.05, 0.1) is 12.2 Å². The van der Waals surface area contributed by atoms with Gasteiger partial charge in [0.15, 0.2) is 0 Å². The standard InChI is InChI=1S/C11H14N2O2/c1-14-5-2-6-15-11-7-10(13)4-3-9(11)8-12/h3-4,7H,2,5-6,13H2,1H3. The zero-order valence-electron chi connectivity index (χ0n) is 8.69. The smallest absolute Gasteiger partial charge is 0.139 e. The van der Waals surface area contributed by atoms with E-state index in [4.69, 9.17) is 20.5 Å². The molecule has 0 aliphatic carbocycles. The Balaban J connectivity index is 2.59. The first kappa shape index (κ1) is 11.3. The van der Waals surface area contributed by atoms with Crippen molar-refractivity contribution in [2.45, 2.75) is 6.42 Å². The monoisotopic (exact) mass is 206 g/mol. The first-order chi connectivity index (χ1) is 7.27. The molecule has 0 aliphatic heterocycles.